The molecule has 0 radical (unpaired) electrons. The SMILES string of the molecule is CC(=O)c1cc(C)cc2c1CN(C1Cc3ccc(Cl)cc3C1)C2=O. The van der Waals surface area contributed by atoms with Crippen molar-refractivity contribution in [3.05, 3.63) is 68.7 Å². The highest BCUT2D eigenvalue weighted by atomic mass is 35.5. The summed E-state index contributed by atoms with van der Waals surface area (Å²) >= 11 is 6.09. The Morgan fingerprint density at radius 1 is 1.17 bits per heavy atom. The Morgan fingerprint density at radius 3 is 2.67 bits per heavy atom. The summed E-state index contributed by atoms with van der Waals surface area (Å²) in [6.45, 7) is 4.02. The number of fused-ring (bicyclic) bond motifs is 2. The van der Waals surface area contributed by atoms with Crippen LogP contribution in [0.3, 0.4) is 0 Å². The first-order chi connectivity index (χ1) is 11.4. The van der Waals surface area contributed by atoms with Gasteiger partial charge in [0.1, 0.15) is 0 Å². The van der Waals surface area contributed by atoms with Gasteiger partial charge in [-0.1, -0.05) is 17.7 Å². The lowest BCUT2D eigenvalue weighted by atomic mass is 9.98. The Bertz CT molecular complexity index is 887. The summed E-state index contributed by atoms with van der Waals surface area (Å²) in [6.07, 6.45) is 1.67. The molecule has 1 amide bonds. The summed E-state index contributed by atoms with van der Waals surface area (Å²) in [7, 11) is 0. The molecule has 0 saturated heterocycles. The topological polar surface area (TPSA) is 37.4 Å². The Kier molecular flexibility index (Phi) is 3.50. The van der Waals surface area contributed by atoms with Crippen LogP contribution in [0.2, 0.25) is 5.02 Å². The smallest absolute Gasteiger partial charge is 0.254 e. The number of carbonyl (C=O) groups excluding carboxylic acids is 2. The predicted octanol–water partition coefficient (Wildman–Crippen LogP) is 3.97. The summed E-state index contributed by atoms with van der Waals surface area (Å²) in [5.41, 5.74) is 5.69. The van der Waals surface area contributed by atoms with Crippen LogP contribution >= 0.6 is 11.6 Å². The number of hydrogen-bond donors (Lipinski definition) is 0. The number of halogens is 1. The number of hydrogen-bond acceptors (Lipinski definition) is 2. The van der Waals surface area contributed by atoms with E-state index in [9.17, 15) is 9.59 Å². The highest BCUT2D eigenvalue weighted by Gasteiger charge is 2.37. The molecule has 1 atom stereocenters. The first-order valence-electron chi connectivity index (χ1n) is 8.17. The molecule has 24 heavy (non-hydrogen) atoms. The van der Waals surface area contributed by atoms with Gasteiger partial charge in [0.15, 0.2) is 5.78 Å². The highest BCUT2D eigenvalue weighted by Crippen LogP contribution is 2.34. The minimum atomic E-state index is 0.0195. The maximum atomic E-state index is 12.9. The summed E-state index contributed by atoms with van der Waals surface area (Å²) in [4.78, 5) is 26.8. The second-order valence-electron chi connectivity index (χ2n) is 6.80. The average molecular weight is 340 g/mol. The van der Waals surface area contributed by atoms with Crippen molar-refractivity contribution in [1.29, 1.82) is 0 Å². The fraction of sp³-hybridized carbons (Fsp3) is 0.300. The second-order valence-corrected chi connectivity index (χ2v) is 7.24. The summed E-state index contributed by atoms with van der Waals surface area (Å²) in [5, 5.41) is 0.736. The molecule has 4 rings (SSSR count). The van der Waals surface area contributed by atoms with Crippen molar-refractivity contribution >= 4 is 23.3 Å². The van der Waals surface area contributed by atoms with Crippen molar-refractivity contribution in [2.45, 2.75) is 39.3 Å². The van der Waals surface area contributed by atoms with Crippen LogP contribution in [0.1, 0.15) is 49.9 Å². The van der Waals surface area contributed by atoms with E-state index >= 15 is 0 Å². The number of rotatable bonds is 2. The molecule has 2 aliphatic rings. The van der Waals surface area contributed by atoms with Crippen LogP contribution in [0, 0.1) is 6.92 Å². The Labute approximate surface area is 146 Å². The van der Waals surface area contributed by atoms with Crippen molar-refractivity contribution in [3.8, 4) is 0 Å². The van der Waals surface area contributed by atoms with E-state index in [1.54, 1.807) is 6.92 Å². The van der Waals surface area contributed by atoms with Crippen molar-refractivity contribution in [2.75, 3.05) is 0 Å². The number of benzene rings is 2. The molecule has 0 aromatic heterocycles. The third-order valence-corrected chi connectivity index (χ3v) is 5.35. The Hall–Kier alpha value is -2.13. The van der Waals surface area contributed by atoms with Crippen LogP contribution in [0.5, 0.6) is 0 Å². The minimum Gasteiger partial charge on any atom is -0.331 e. The number of aryl methyl sites for hydroxylation is 1. The average Bonchev–Trinajstić information content (AvgIpc) is 3.07. The Balaban J connectivity index is 1.67. The molecule has 0 spiro atoms. The van der Waals surface area contributed by atoms with Crippen molar-refractivity contribution in [1.82, 2.24) is 4.90 Å². The molecule has 1 aliphatic carbocycles. The van der Waals surface area contributed by atoms with Crippen LogP contribution in [0.25, 0.3) is 0 Å². The van der Waals surface area contributed by atoms with Gasteiger partial charge in [0.2, 0.25) is 0 Å². The number of carbonyl (C=O) groups is 2. The molecule has 122 valence electrons. The quantitative estimate of drug-likeness (QED) is 0.776. The third kappa shape index (κ3) is 2.35. The van der Waals surface area contributed by atoms with Crippen molar-refractivity contribution in [3.63, 3.8) is 0 Å². The van der Waals surface area contributed by atoms with Gasteiger partial charge in [-0.05, 0) is 73.2 Å². The van der Waals surface area contributed by atoms with Crippen molar-refractivity contribution < 1.29 is 9.59 Å². The monoisotopic (exact) mass is 339 g/mol. The normalized spacial score (nSPS) is 18.7. The van der Waals surface area contributed by atoms with E-state index in [0.717, 1.165) is 29.0 Å². The molecule has 1 heterocycles. The standard InChI is InChI=1S/C20H18ClNO2/c1-11-5-17(12(2)23)19-10-22(20(24)18(19)6-11)16-8-13-3-4-15(21)7-14(13)9-16/h3-7,16H,8-10H2,1-2H3. The van der Waals surface area contributed by atoms with Crippen LogP contribution in [-0.2, 0) is 19.4 Å². The maximum absolute atomic E-state index is 12.9. The van der Waals surface area contributed by atoms with Gasteiger partial charge in [-0.2, -0.15) is 0 Å². The van der Waals surface area contributed by atoms with Crippen LogP contribution < -0.4 is 0 Å². The highest BCUT2D eigenvalue weighted by molar-refractivity contribution is 6.30. The number of amides is 1. The first kappa shape index (κ1) is 15.4. The van der Waals surface area contributed by atoms with Gasteiger partial charge in [0.25, 0.3) is 5.91 Å². The minimum absolute atomic E-state index is 0.0195. The molecular weight excluding hydrogens is 322 g/mol. The fourth-order valence-electron chi connectivity index (χ4n) is 3.97. The van der Waals surface area contributed by atoms with E-state index in [4.69, 9.17) is 11.6 Å². The lowest BCUT2D eigenvalue weighted by molar-refractivity contribution is 0.0709. The van der Waals surface area contributed by atoms with Gasteiger partial charge in [0, 0.05) is 28.7 Å². The number of Topliss-reactive ketones (excluding diaryl/α,β-unsaturated/α-hetero) is 1. The van der Waals surface area contributed by atoms with Gasteiger partial charge in [-0.15, -0.1) is 0 Å². The van der Waals surface area contributed by atoms with Gasteiger partial charge in [-0.25, -0.2) is 0 Å². The molecule has 0 fully saturated rings. The summed E-state index contributed by atoms with van der Waals surface area (Å²) in [6, 6.07) is 9.88. The third-order valence-electron chi connectivity index (χ3n) is 5.11. The predicted molar refractivity (Wildman–Crippen MR) is 93.7 cm³/mol. The van der Waals surface area contributed by atoms with Crippen molar-refractivity contribution in [2.24, 2.45) is 0 Å². The fourth-order valence-corrected chi connectivity index (χ4v) is 4.16. The molecule has 2 aromatic carbocycles. The van der Waals surface area contributed by atoms with Crippen LogP contribution in [0.4, 0.5) is 0 Å². The molecule has 0 N–H and O–H groups in total. The zero-order chi connectivity index (χ0) is 17.0. The van der Waals surface area contributed by atoms with Gasteiger partial charge in [-0.3, -0.25) is 9.59 Å². The van der Waals surface area contributed by atoms with E-state index in [2.05, 4.69) is 6.07 Å². The van der Waals surface area contributed by atoms with E-state index in [1.165, 1.54) is 11.1 Å². The Morgan fingerprint density at radius 2 is 1.92 bits per heavy atom. The molecule has 3 nitrogen and oxygen atoms in total. The molecule has 0 saturated carbocycles. The summed E-state index contributed by atoms with van der Waals surface area (Å²) < 4.78 is 0. The van der Waals surface area contributed by atoms with E-state index in [0.29, 0.717) is 17.7 Å². The van der Waals surface area contributed by atoms with Gasteiger partial charge < -0.3 is 4.90 Å². The van der Waals surface area contributed by atoms with Crippen LogP contribution in [0.15, 0.2) is 30.3 Å². The molecule has 1 aliphatic heterocycles. The lowest BCUT2D eigenvalue weighted by Gasteiger charge is -2.23. The maximum Gasteiger partial charge on any atom is 0.254 e. The summed E-state index contributed by atoms with van der Waals surface area (Å²) in [5.74, 6) is 0.0613. The van der Waals surface area contributed by atoms with Gasteiger partial charge >= 0.3 is 0 Å². The zero-order valence-electron chi connectivity index (χ0n) is 13.7. The second kappa shape index (κ2) is 5.45. The number of nitrogens with zero attached hydrogens (tertiary/aromatic N) is 1. The first-order valence-corrected chi connectivity index (χ1v) is 8.54. The zero-order valence-corrected chi connectivity index (χ0v) is 14.5. The van der Waals surface area contributed by atoms with E-state index in [1.807, 2.05) is 36.1 Å². The van der Waals surface area contributed by atoms with Gasteiger partial charge in [0.05, 0.1) is 0 Å². The molecular formula is C20H18ClNO2. The number of ketones is 1. The molecule has 2 aromatic rings. The van der Waals surface area contributed by atoms with Crippen LogP contribution in [-0.4, -0.2) is 22.6 Å². The molecule has 0 bridgehead atoms. The van der Waals surface area contributed by atoms with E-state index in [-0.39, 0.29) is 17.7 Å². The lowest BCUT2D eigenvalue weighted by Crippen LogP contribution is -2.36. The van der Waals surface area contributed by atoms with E-state index < -0.39 is 0 Å². The molecule has 4 heteroatoms. The molecule has 1 unspecified atom stereocenters. The largest absolute Gasteiger partial charge is 0.331 e.